The second kappa shape index (κ2) is 12.4. The topological polar surface area (TPSA) is 86.7 Å². The summed E-state index contributed by atoms with van der Waals surface area (Å²) in [5, 5.41) is 0. The van der Waals surface area contributed by atoms with Gasteiger partial charge in [0.15, 0.2) is 12.4 Å². The molecule has 41 heavy (non-hydrogen) atoms. The SMILES string of the molecule is O=C(COC(=O)C1CCCC1)c1ccc(C2CCC(C(=O)COC(=O)C3CCCC3)CC2)c2c1CC1(CCCC1)C2. The molecular weight excluding hydrogens is 516 g/mol. The lowest BCUT2D eigenvalue weighted by Gasteiger charge is -2.30. The highest BCUT2D eigenvalue weighted by Crippen LogP contribution is 2.52. The van der Waals surface area contributed by atoms with E-state index in [1.807, 2.05) is 6.07 Å². The molecule has 0 saturated heterocycles. The van der Waals surface area contributed by atoms with Gasteiger partial charge in [-0.15, -0.1) is 0 Å². The third-order valence-electron chi connectivity index (χ3n) is 11.2. The minimum atomic E-state index is -0.212. The van der Waals surface area contributed by atoms with Crippen LogP contribution in [0.4, 0.5) is 0 Å². The van der Waals surface area contributed by atoms with Gasteiger partial charge >= 0.3 is 11.9 Å². The van der Waals surface area contributed by atoms with Crippen LogP contribution < -0.4 is 0 Å². The molecule has 0 bridgehead atoms. The highest BCUT2D eigenvalue weighted by atomic mass is 16.5. The van der Waals surface area contributed by atoms with E-state index in [9.17, 15) is 19.2 Å². The van der Waals surface area contributed by atoms with Crippen molar-refractivity contribution in [3.8, 4) is 0 Å². The van der Waals surface area contributed by atoms with Gasteiger partial charge in [-0.1, -0.05) is 50.7 Å². The average Bonchev–Trinajstić information content (AvgIpc) is 3.82. The Balaban J connectivity index is 1.10. The number of hydrogen-bond acceptors (Lipinski definition) is 6. The zero-order chi connectivity index (χ0) is 28.4. The summed E-state index contributed by atoms with van der Waals surface area (Å²) in [7, 11) is 0. The molecule has 6 nitrogen and oxygen atoms in total. The molecule has 5 aliphatic carbocycles. The summed E-state index contributed by atoms with van der Waals surface area (Å²) in [6.07, 6.45) is 18.3. The van der Waals surface area contributed by atoms with Gasteiger partial charge in [0.2, 0.25) is 5.78 Å². The fraction of sp³-hybridized carbons (Fsp3) is 0.714. The molecule has 0 aliphatic heterocycles. The molecule has 222 valence electrons. The van der Waals surface area contributed by atoms with Gasteiger partial charge in [0.1, 0.15) is 6.61 Å². The van der Waals surface area contributed by atoms with E-state index in [0.29, 0.717) is 5.92 Å². The summed E-state index contributed by atoms with van der Waals surface area (Å²) < 4.78 is 10.9. The van der Waals surface area contributed by atoms with Gasteiger partial charge in [-0.25, -0.2) is 0 Å². The van der Waals surface area contributed by atoms with E-state index in [4.69, 9.17) is 9.47 Å². The average molecular weight is 563 g/mol. The molecular formula is C35H46O6. The molecule has 1 spiro atoms. The smallest absolute Gasteiger partial charge is 0.309 e. The number of ketones is 2. The zero-order valence-electron chi connectivity index (χ0n) is 24.6. The molecule has 0 aromatic heterocycles. The lowest BCUT2D eigenvalue weighted by molar-refractivity contribution is -0.153. The number of rotatable bonds is 9. The van der Waals surface area contributed by atoms with E-state index in [2.05, 4.69) is 6.07 Å². The van der Waals surface area contributed by atoms with Gasteiger partial charge in [-0.2, -0.15) is 0 Å². The molecule has 0 unspecified atom stereocenters. The maximum absolute atomic E-state index is 13.4. The number of carbonyl (C=O) groups excluding carboxylic acids is 4. The predicted molar refractivity (Wildman–Crippen MR) is 155 cm³/mol. The first-order chi connectivity index (χ1) is 19.9. The van der Waals surface area contributed by atoms with Crippen LogP contribution in [0.25, 0.3) is 0 Å². The molecule has 0 amide bonds. The summed E-state index contributed by atoms with van der Waals surface area (Å²) in [5.41, 5.74) is 4.94. The highest BCUT2D eigenvalue weighted by Gasteiger charge is 2.43. The first-order valence-corrected chi connectivity index (χ1v) is 16.5. The standard InChI is InChI=1S/C35H46O6/c36-31(21-40-33(38)25-7-1-2-8-25)24-13-11-23(12-14-24)27-15-16-28(30-20-35(19-29(27)30)17-5-6-18-35)32(37)22-41-34(39)26-9-3-4-10-26/h15-16,23-26H,1-14,17-22H2. The monoisotopic (exact) mass is 562 g/mol. The fourth-order valence-corrected chi connectivity index (χ4v) is 8.82. The van der Waals surface area contributed by atoms with E-state index in [1.54, 1.807) is 0 Å². The van der Waals surface area contributed by atoms with Crippen LogP contribution in [0.3, 0.4) is 0 Å². The highest BCUT2D eigenvalue weighted by molar-refractivity contribution is 6.00. The van der Waals surface area contributed by atoms with Crippen molar-refractivity contribution in [1.82, 2.24) is 0 Å². The van der Waals surface area contributed by atoms with E-state index < -0.39 is 0 Å². The Bertz CT molecular complexity index is 1160. The van der Waals surface area contributed by atoms with Crippen LogP contribution >= 0.6 is 0 Å². The first kappa shape index (κ1) is 28.6. The number of esters is 2. The van der Waals surface area contributed by atoms with Crippen molar-refractivity contribution in [1.29, 1.82) is 0 Å². The maximum atomic E-state index is 13.4. The van der Waals surface area contributed by atoms with Crippen molar-refractivity contribution < 1.29 is 28.7 Å². The molecule has 1 aromatic rings. The third kappa shape index (κ3) is 6.17. The van der Waals surface area contributed by atoms with Crippen LogP contribution in [0.2, 0.25) is 0 Å². The molecule has 6 rings (SSSR count). The minimum absolute atomic E-state index is 0.0157. The Morgan fingerprint density at radius 3 is 1.80 bits per heavy atom. The van der Waals surface area contributed by atoms with Gasteiger partial charge in [-0.05, 0) is 105 Å². The third-order valence-corrected chi connectivity index (χ3v) is 11.2. The van der Waals surface area contributed by atoms with Crippen molar-refractivity contribution in [2.75, 3.05) is 13.2 Å². The number of fused-ring (bicyclic) bond motifs is 1. The maximum Gasteiger partial charge on any atom is 0.309 e. The molecule has 1 aromatic carbocycles. The summed E-state index contributed by atoms with van der Waals surface area (Å²) in [5.74, 6) is -0.118. The van der Waals surface area contributed by atoms with Crippen LogP contribution in [-0.2, 0) is 36.7 Å². The minimum Gasteiger partial charge on any atom is -0.457 e. The first-order valence-electron chi connectivity index (χ1n) is 16.5. The Morgan fingerprint density at radius 1 is 0.634 bits per heavy atom. The Hall–Kier alpha value is -2.50. The lowest BCUT2D eigenvalue weighted by Crippen LogP contribution is -2.27. The van der Waals surface area contributed by atoms with Gasteiger partial charge in [0.25, 0.3) is 0 Å². The van der Waals surface area contributed by atoms with Crippen LogP contribution in [-0.4, -0.2) is 36.7 Å². The molecule has 0 radical (unpaired) electrons. The summed E-state index contributed by atoms with van der Waals surface area (Å²) in [6, 6.07) is 4.16. The second-order valence-corrected chi connectivity index (χ2v) is 13.8. The summed E-state index contributed by atoms with van der Waals surface area (Å²) in [4.78, 5) is 51.0. The molecule has 0 N–H and O–H groups in total. The number of carbonyl (C=O) groups is 4. The van der Waals surface area contributed by atoms with Crippen molar-refractivity contribution >= 4 is 23.5 Å². The van der Waals surface area contributed by atoms with Crippen molar-refractivity contribution in [2.24, 2.45) is 23.2 Å². The van der Waals surface area contributed by atoms with Crippen molar-refractivity contribution in [3.63, 3.8) is 0 Å². The van der Waals surface area contributed by atoms with Crippen LogP contribution in [0.15, 0.2) is 12.1 Å². The Labute approximate surface area is 244 Å². The molecule has 6 heteroatoms. The van der Waals surface area contributed by atoms with Crippen molar-refractivity contribution in [2.45, 2.75) is 121 Å². The van der Waals surface area contributed by atoms with Gasteiger partial charge < -0.3 is 9.47 Å². The molecule has 0 heterocycles. The number of hydrogen-bond donors (Lipinski definition) is 0. The number of ether oxygens (including phenoxy) is 2. The molecule has 0 atom stereocenters. The van der Waals surface area contributed by atoms with Crippen LogP contribution in [0.1, 0.15) is 136 Å². The van der Waals surface area contributed by atoms with Crippen LogP contribution in [0.5, 0.6) is 0 Å². The Kier molecular flexibility index (Phi) is 8.65. The quantitative estimate of drug-likeness (QED) is 0.242. The molecule has 4 fully saturated rings. The molecule has 5 aliphatic rings. The van der Waals surface area contributed by atoms with E-state index in [-0.39, 0.29) is 59.9 Å². The Morgan fingerprint density at radius 2 is 1.20 bits per heavy atom. The van der Waals surface area contributed by atoms with Crippen LogP contribution in [0, 0.1) is 23.2 Å². The lowest BCUT2D eigenvalue weighted by atomic mass is 9.75. The molecule has 4 saturated carbocycles. The normalized spacial score (nSPS) is 25.9. The zero-order valence-corrected chi connectivity index (χ0v) is 24.6. The predicted octanol–water partition coefficient (Wildman–Crippen LogP) is 6.84. The van der Waals surface area contributed by atoms with Gasteiger partial charge in [0, 0.05) is 11.5 Å². The summed E-state index contributed by atoms with van der Waals surface area (Å²) in [6.45, 7) is -0.239. The van der Waals surface area contributed by atoms with E-state index in [1.165, 1.54) is 42.4 Å². The largest absolute Gasteiger partial charge is 0.457 e. The van der Waals surface area contributed by atoms with E-state index in [0.717, 1.165) is 95.5 Å². The number of benzene rings is 1. The number of Topliss-reactive ketones (excluding diaryl/α,β-unsaturated/α-hetero) is 2. The second-order valence-electron chi connectivity index (χ2n) is 13.8. The van der Waals surface area contributed by atoms with E-state index >= 15 is 0 Å². The fourth-order valence-electron chi connectivity index (χ4n) is 8.82. The van der Waals surface area contributed by atoms with Gasteiger partial charge in [0.05, 0.1) is 11.8 Å². The summed E-state index contributed by atoms with van der Waals surface area (Å²) >= 11 is 0. The van der Waals surface area contributed by atoms with Crippen molar-refractivity contribution in [3.05, 3.63) is 34.4 Å². The van der Waals surface area contributed by atoms with Gasteiger partial charge in [-0.3, -0.25) is 19.2 Å².